The van der Waals surface area contributed by atoms with Gasteiger partial charge >= 0.3 is 0 Å². The molecule has 1 N–H and O–H groups in total. The molecule has 1 aliphatic carbocycles. The van der Waals surface area contributed by atoms with Crippen molar-refractivity contribution in [2.75, 3.05) is 12.4 Å². The van der Waals surface area contributed by atoms with Gasteiger partial charge < -0.3 is 14.8 Å². The van der Waals surface area contributed by atoms with E-state index in [0.717, 1.165) is 24.9 Å². The molecule has 0 aliphatic heterocycles. The normalized spacial score (nSPS) is 13.7. The van der Waals surface area contributed by atoms with Gasteiger partial charge in [-0.15, -0.1) is 0 Å². The second-order valence-corrected chi connectivity index (χ2v) is 7.08. The van der Waals surface area contributed by atoms with Gasteiger partial charge in [0, 0.05) is 15.7 Å². The van der Waals surface area contributed by atoms with Crippen LogP contribution in [-0.4, -0.2) is 25.4 Å². The average Bonchev–Trinajstić information content (AvgIpc) is 3.10. The first-order valence-electron chi connectivity index (χ1n) is 8.44. The van der Waals surface area contributed by atoms with Gasteiger partial charge in [-0.05, 0) is 77.5 Å². The topological polar surface area (TPSA) is 64.6 Å². The van der Waals surface area contributed by atoms with Crippen LogP contribution >= 0.6 is 15.9 Å². The summed E-state index contributed by atoms with van der Waals surface area (Å²) in [5, 5.41) is 2.89. The number of hydrogen-bond acceptors (Lipinski definition) is 4. The molecule has 0 saturated heterocycles. The Morgan fingerprint density at radius 3 is 2.69 bits per heavy atom. The van der Waals surface area contributed by atoms with Gasteiger partial charge in [0.1, 0.15) is 0 Å². The van der Waals surface area contributed by atoms with Crippen LogP contribution in [0.15, 0.2) is 34.8 Å². The number of halogens is 1. The number of carbonyl (C=O) groups excluding carboxylic acids is 2. The van der Waals surface area contributed by atoms with Crippen molar-refractivity contribution >= 4 is 33.8 Å². The largest absolute Gasteiger partial charge is 0.493 e. The fraction of sp³-hybridized carbons (Fsp3) is 0.300. The zero-order valence-electron chi connectivity index (χ0n) is 14.7. The number of ether oxygens (including phenoxy) is 2. The average molecular weight is 418 g/mol. The number of hydrogen-bond donors (Lipinski definition) is 1. The van der Waals surface area contributed by atoms with Gasteiger partial charge in [0.05, 0.1) is 7.11 Å². The lowest BCUT2D eigenvalue weighted by atomic mass is 10.1. The van der Waals surface area contributed by atoms with E-state index in [1.165, 1.54) is 18.2 Å². The molecule has 0 fully saturated rings. The standard InChI is InChI=1S/C20H20BrNO4/c1-12(26-19-9-15(11-23)17(21)10-18(19)25-2)20(24)22-16-7-6-13-4-3-5-14(13)8-16/h6-12H,3-5H2,1-2H3,(H,22,24)/t12-/m1/s1. The number of carbonyl (C=O) groups is 2. The van der Waals surface area contributed by atoms with Gasteiger partial charge in [0.15, 0.2) is 23.9 Å². The summed E-state index contributed by atoms with van der Waals surface area (Å²) >= 11 is 3.30. The Labute approximate surface area is 160 Å². The van der Waals surface area contributed by atoms with Crippen LogP contribution in [0.1, 0.15) is 34.8 Å². The summed E-state index contributed by atoms with van der Waals surface area (Å²) in [7, 11) is 1.50. The highest BCUT2D eigenvalue weighted by Crippen LogP contribution is 2.33. The zero-order valence-corrected chi connectivity index (χ0v) is 16.3. The summed E-state index contributed by atoms with van der Waals surface area (Å²) in [6, 6.07) is 9.20. The lowest BCUT2D eigenvalue weighted by Gasteiger charge is -2.18. The number of methoxy groups -OCH3 is 1. The Morgan fingerprint density at radius 2 is 1.96 bits per heavy atom. The monoisotopic (exact) mass is 417 g/mol. The van der Waals surface area contributed by atoms with Crippen molar-refractivity contribution < 1.29 is 19.1 Å². The zero-order chi connectivity index (χ0) is 18.7. The van der Waals surface area contributed by atoms with E-state index in [1.54, 1.807) is 19.1 Å². The van der Waals surface area contributed by atoms with Crippen LogP contribution in [-0.2, 0) is 17.6 Å². The quantitative estimate of drug-likeness (QED) is 0.716. The van der Waals surface area contributed by atoms with Crippen molar-refractivity contribution in [1.82, 2.24) is 0 Å². The van der Waals surface area contributed by atoms with E-state index in [4.69, 9.17) is 9.47 Å². The van der Waals surface area contributed by atoms with Crippen LogP contribution in [0.3, 0.4) is 0 Å². The second-order valence-electron chi connectivity index (χ2n) is 6.23. The van der Waals surface area contributed by atoms with E-state index in [2.05, 4.69) is 27.3 Å². The Kier molecular flexibility index (Phi) is 5.61. The molecule has 0 aromatic heterocycles. The van der Waals surface area contributed by atoms with Crippen LogP contribution in [0.2, 0.25) is 0 Å². The fourth-order valence-corrected chi connectivity index (χ4v) is 3.45. The van der Waals surface area contributed by atoms with Crippen molar-refractivity contribution in [2.45, 2.75) is 32.3 Å². The van der Waals surface area contributed by atoms with Gasteiger partial charge in [-0.1, -0.05) is 6.07 Å². The highest BCUT2D eigenvalue weighted by Gasteiger charge is 2.19. The maximum Gasteiger partial charge on any atom is 0.265 e. The SMILES string of the molecule is COc1cc(Br)c(C=O)cc1O[C@H](C)C(=O)Nc1ccc2c(c1)CCC2. The highest BCUT2D eigenvalue weighted by atomic mass is 79.9. The maximum atomic E-state index is 12.5. The van der Waals surface area contributed by atoms with Crippen molar-refractivity contribution in [1.29, 1.82) is 0 Å². The molecule has 0 unspecified atom stereocenters. The minimum atomic E-state index is -0.752. The third-order valence-electron chi connectivity index (χ3n) is 4.45. The van der Waals surface area contributed by atoms with Gasteiger partial charge in [0.25, 0.3) is 5.91 Å². The lowest BCUT2D eigenvalue weighted by Crippen LogP contribution is -2.30. The van der Waals surface area contributed by atoms with Crippen molar-refractivity contribution in [3.8, 4) is 11.5 Å². The minimum absolute atomic E-state index is 0.263. The molecular formula is C20H20BrNO4. The summed E-state index contributed by atoms with van der Waals surface area (Å²) in [4.78, 5) is 23.6. The molecule has 0 heterocycles. The highest BCUT2D eigenvalue weighted by molar-refractivity contribution is 9.10. The fourth-order valence-electron chi connectivity index (χ4n) is 3.03. The molecule has 5 nitrogen and oxygen atoms in total. The van der Waals surface area contributed by atoms with Crippen molar-refractivity contribution in [3.63, 3.8) is 0 Å². The smallest absolute Gasteiger partial charge is 0.265 e. The number of nitrogens with one attached hydrogen (secondary N) is 1. The molecule has 1 amide bonds. The summed E-state index contributed by atoms with van der Waals surface area (Å²) in [5.74, 6) is 0.523. The molecule has 2 aromatic rings. The number of aldehydes is 1. The molecule has 136 valence electrons. The van der Waals surface area contributed by atoms with Gasteiger partial charge in [-0.3, -0.25) is 9.59 Å². The molecule has 0 radical (unpaired) electrons. The lowest BCUT2D eigenvalue weighted by molar-refractivity contribution is -0.122. The van der Waals surface area contributed by atoms with E-state index < -0.39 is 6.10 Å². The molecule has 3 rings (SSSR count). The number of rotatable bonds is 6. The number of amides is 1. The van der Waals surface area contributed by atoms with Gasteiger partial charge in [0.2, 0.25) is 0 Å². The van der Waals surface area contributed by atoms with E-state index in [-0.39, 0.29) is 5.91 Å². The van der Waals surface area contributed by atoms with Gasteiger partial charge in [-0.2, -0.15) is 0 Å². The number of fused-ring (bicyclic) bond motifs is 1. The summed E-state index contributed by atoms with van der Waals surface area (Å²) < 4.78 is 11.6. The van der Waals surface area contributed by atoms with E-state index in [0.29, 0.717) is 27.8 Å². The van der Waals surface area contributed by atoms with E-state index in [1.807, 2.05) is 12.1 Å². The molecule has 1 aliphatic rings. The number of anilines is 1. The molecule has 0 spiro atoms. The van der Waals surface area contributed by atoms with Crippen LogP contribution in [0.4, 0.5) is 5.69 Å². The molecule has 2 aromatic carbocycles. The first kappa shape index (κ1) is 18.5. The van der Waals surface area contributed by atoms with E-state index in [9.17, 15) is 9.59 Å². The van der Waals surface area contributed by atoms with Crippen LogP contribution in [0.25, 0.3) is 0 Å². The van der Waals surface area contributed by atoms with Crippen LogP contribution in [0, 0.1) is 0 Å². The van der Waals surface area contributed by atoms with Crippen molar-refractivity contribution in [3.05, 3.63) is 51.5 Å². The maximum absolute atomic E-state index is 12.5. The van der Waals surface area contributed by atoms with E-state index >= 15 is 0 Å². The Hall–Kier alpha value is -2.34. The Morgan fingerprint density at radius 1 is 1.19 bits per heavy atom. The molecule has 0 saturated carbocycles. The molecular weight excluding hydrogens is 398 g/mol. The predicted molar refractivity (Wildman–Crippen MR) is 103 cm³/mol. The first-order chi connectivity index (χ1) is 12.5. The molecule has 6 heteroatoms. The molecule has 0 bridgehead atoms. The first-order valence-corrected chi connectivity index (χ1v) is 9.23. The number of aryl methyl sites for hydroxylation is 2. The summed E-state index contributed by atoms with van der Waals surface area (Å²) in [6.45, 7) is 1.66. The Bertz CT molecular complexity index is 850. The van der Waals surface area contributed by atoms with Gasteiger partial charge in [-0.25, -0.2) is 0 Å². The second kappa shape index (κ2) is 7.91. The third kappa shape index (κ3) is 3.90. The Balaban J connectivity index is 1.72. The summed E-state index contributed by atoms with van der Waals surface area (Å²) in [5.41, 5.74) is 3.84. The van der Waals surface area contributed by atoms with Crippen molar-refractivity contribution in [2.24, 2.45) is 0 Å². The molecule has 26 heavy (non-hydrogen) atoms. The minimum Gasteiger partial charge on any atom is -0.493 e. The predicted octanol–water partition coefficient (Wildman–Crippen LogP) is 4.16. The third-order valence-corrected chi connectivity index (χ3v) is 5.14. The molecule has 1 atom stereocenters. The number of benzene rings is 2. The van der Waals surface area contributed by atoms with Crippen LogP contribution < -0.4 is 14.8 Å². The summed E-state index contributed by atoms with van der Waals surface area (Å²) in [6.07, 6.45) is 3.28. The van der Waals surface area contributed by atoms with Crippen LogP contribution in [0.5, 0.6) is 11.5 Å².